The first-order valence-electron chi connectivity index (χ1n) is 10.7. The second kappa shape index (κ2) is 8.45. The van der Waals surface area contributed by atoms with Gasteiger partial charge in [-0.3, -0.25) is 10.1 Å². The Hall–Kier alpha value is -3.68. The first kappa shape index (κ1) is 21.5. The van der Waals surface area contributed by atoms with Crippen LogP contribution in [0.1, 0.15) is 38.8 Å². The summed E-state index contributed by atoms with van der Waals surface area (Å²) in [6, 6.07) is 6.15. The average Bonchev–Trinajstić information content (AvgIpc) is 3.40. The zero-order chi connectivity index (χ0) is 22.9. The normalized spacial score (nSPS) is 11.7. The van der Waals surface area contributed by atoms with Crippen LogP contribution < -0.4 is 0 Å². The van der Waals surface area contributed by atoms with E-state index in [0.29, 0.717) is 18.9 Å². The molecule has 0 unspecified atom stereocenters. The number of benzene rings is 1. The summed E-state index contributed by atoms with van der Waals surface area (Å²) in [4.78, 5) is 26.2. The topological polar surface area (TPSA) is 99.8 Å². The van der Waals surface area contributed by atoms with Gasteiger partial charge in [0.15, 0.2) is 5.82 Å². The molecule has 4 rings (SSSR count). The van der Waals surface area contributed by atoms with Gasteiger partial charge in [0.2, 0.25) is 0 Å². The van der Waals surface area contributed by atoms with Gasteiger partial charge in [0, 0.05) is 42.3 Å². The molecule has 32 heavy (non-hydrogen) atoms. The molecule has 0 saturated heterocycles. The Morgan fingerprint density at radius 3 is 2.72 bits per heavy atom. The highest BCUT2D eigenvalue weighted by Gasteiger charge is 2.22. The quantitative estimate of drug-likeness (QED) is 0.458. The van der Waals surface area contributed by atoms with Gasteiger partial charge in [-0.05, 0) is 63.4 Å². The molecule has 8 heteroatoms. The Balaban J connectivity index is 1.67. The van der Waals surface area contributed by atoms with E-state index in [4.69, 9.17) is 4.74 Å². The van der Waals surface area contributed by atoms with Crippen molar-refractivity contribution in [2.24, 2.45) is 0 Å². The second-order valence-electron chi connectivity index (χ2n) is 8.74. The number of ether oxygens (including phenoxy) is 1. The van der Waals surface area contributed by atoms with E-state index in [1.165, 1.54) is 0 Å². The van der Waals surface area contributed by atoms with Crippen LogP contribution in [0, 0.1) is 6.92 Å². The molecule has 0 bridgehead atoms. The van der Waals surface area contributed by atoms with Crippen LogP contribution in [0.2, 0.25) is 0 Å². The Morgan fingerprint density at radius 2 is 2.03 bits per heavy atom. The second-order valence-corrected chi connectivity index (χ2v) is 8.74. The predicted molar refractivity (Wildman–Crippen MR) is 124 cm³/mol. The van der Waals surface area contributed by atoms with E-state index in [9.17, 15) is 4.79 Å². The molecule has 0 aliphatic heterocycles. The van der Waals surface area contributed by atoms with E-state index >= 15 is 0 Å². The van der Waals surface area contributed by atoms with Gasteiger partial charge < -0.3 is 14.6 Å². The lowest BCUT2D eigenvalue weighted by atomic mass is 9.97. The van der Waals surface area contributed by atoms with Gasteiger partial charge in [-0.15, -0.1) is 0 Å². The van der Waals surface area contributed by atoms with Crippen LogP contribution in [-0.2, 0) is 11.3 Å². The van der Waals surface area contributed by atoms with Crippen molar-refractivity contribution in [1.82, 2.24) is 30.0 Å². The summed E-state index contributed by atoms with van der Waals surface area (Å²) in [6.07, 6.45) is 6.84. The Bertz CT molecular complexity index is 1240. The number of pyridine rings is 1. The zero-order valence-corrected chi connectivity index (χ0v) is 19.1. The number of imidazole rings is 1. The van der Waals surface area contributed by atoms with Crippen LogP contribution in [0.3, 0.4) is 0 Å². The fraction of sp³-hybridized carbons (Fsp3) is 0.333. The van der Waals surface area contributed by atoms with Crippen LogP contribution in [0.15, 0.2) is 43.0 Å². The smallest absolute Gasteiger partial charge is 0.410 e. The number of aromatic amines is 2. The van der Waals surface area contributed by atoms with Crippen molar-refractivity contribution in [2.45, 2.75) is 46.8 Å². The highest BCUT2D eigenvalue weighted by molar-refractivity contribution is 5.94. The van der Waals surface area contributed by atoms with Gasteiger partial charge in [0.05, 0.1) is 12.1 Å². The Labute approximate surface area is 187 Å². The SMILES string of the molecule is CCN(Cc1cncc(-c2ccc3[nH]nc(-c4ncc[nH]4)c3c2)c1C)C(=O)OC(C)(C)C. The standard InChI is InChI=1S/C24H28N6O2/c1-6-30(23(31)32-24(3,4)5)14-17-12-25-13-19(15(17)2)16-7-8-20-18(11-16)21(29-28-20)22-26-9-10-27-22/h7-13H,6,14H2,1-5H3,(H,26,27)(H,28,29). The molecule has 0 fully saturated rings. The van der Waals surface area contributed by atoms with Crippen LogP contribution in [-0.4, -0.2) is 48.3 Å². The largest absolute Gasteiger partial charge is 0.444 e. The molecule has 166 valence electrons. The maximum Gasteiger partial charge on any atom is 0.410 e. The number of hydrogen-bond acceptors (Lipinski definition) is 5. The molecule has 0 aliphatic carbocycles. The molecule has 3 heterocycles. The Kier molecular flexibility index (Phi) is 5.69. The summed E-state index contributed by atoms with van der Waals surface area (Å²) in [5, 5.41) is 8.46. The number of rotatable bonds is 5. The minimum Gasteiger partial charge on any atom is -0.444 e. The van der Waals surface area contributed by atoms with Gasteiger partial charge in [-0.1, -0.05) is 6.07 Å². The van der Waals surface area contributed by atoms with Crippen LogP contribution >= 0.6 is 0 Å². The molecule has 0 saturated carbocycles. The van der Waals surface area contributed by atoms with Crippen molar-refractivity contribution in [2.75, 3.05) is 6.54 Å². The first-order chi connectivity index (χ1) is 15.3. The molecular formula is C24H28N6O2. The van der Waals surface area contributed by atoms with E-state index in [-0.39, 0.29) is 6.09 Å². The van der Waals surface area contributed by atoms with Crippen molar-refractivity contribution >= 4 is 17.0 Å². The fourth-order valence-electron chi connectivity index (χ4n) is 3.61. The maximum absolute atomic E-state index is 12.6. The van der Waals surface area contributed by atoms with Crippen LogP contribution in [0.4, 0.5) is 4.79 Å². The summed E-state index contributed by atoms with van der Waals surface area (Å²) in [5.41, 5.74) is 5.26. The van der Waals surface area contributed by atoms with Crippen LogP contribution in [0.25, 0.3) is 33.5 Å². The molecule has 0 atom stereocenters. The predicted octanol–water partition coefficient (Wildman–Crippen LogP) is 5.08. The summed E-state index contributed by atoms with van der Waals surface area (Å²) >= 11 is 0. The highest BCUT2D eigenvalue weighted by Crippen LogP contribution is 2.31. The van der Waals surface area contributed by atoms with Crippen molar-refractivity contribution < 1.29 is 9.53 Å². The fourth-order valence-corrected chi connectivity index (χ4v) is 3.61. The maximum atomic E-state index is 12.6. The molecule has 1 aromatic carbocycles. The summed E-state index contributed by atoms with van der Waals surface area (Å²) in [5.74, 6) is 0.716. The molecular weight excluding hydrogens is 404 g/mol. The van der Waals surface area contributed by atoms with Gasteiger partial charge in [-0.25, -0.2) is 9.78 Å². The van der Waals surface area contributed by atoms with Gasteiger partial charge >= 0.3 is 6.09 Å². The third-order valence-electron chi connectivity index (χ3n) is 5.31. The summed E-state index contributed by atoms with van der Waals surface area (Å²) in [6.45, 7) is 10.6. The third-order valence-corrected chi connectivity index (χ3v) is 5.31. The lowest BCUT2D eigenvalue weighted by molar-refractivity contribution is 0.0244. The molecule has 0 spiro atoms. The summed E-state index contributed by atoms with van der Waals surface area (Å²) in [7, 11) is 0. The highest BCUT2D eigenvalue weighted by atomic mass is 16.6. The number of amides is 1. The van der Waals surface area contributed by atoms with Crippen molar-refractivity contribution in [1.29, 1.82) is 0 Å². The number of fused-ring (bicyclic) bond motifs is 1. The van der Waals surface area contributed by atoms with E-state index in [2.05, 4.69) is 38.1 Å². The lowest BCUT2D eigenvalue weighted by Crippen LogP contribution is -2.36. The summed E-state index contributed by atoms with van der Waals surface area (Å²) < 4.78 is 5.55. The number of nitrogens with one attached hydrogen (secondary N) is 2. The molecule has 0 radical (unpaired) electrons. The van der Waals surface area contributed by atoms with Gasteiger partial charge in [0.1, 0.15) is 11.3 Å². The Morgan fingerprint density at radius 1 is 1.22 bits per heavy atom. The zero-order valence-electron chi connectivity index (χ0n) is 19.1. The number of carbonyl (C=O) groups is 1. The van der Waals surface area contributed by atoms with E-state index in [1.807, 2.05) is 52.2 Å². The van der Waals surface area contributed by atoms with Crippen LogP contribution in [0.5, 0.6) is 0 Å². The third kappa shape index (κ3) is 4.34. The van der Waals surface area contributed by atoms with Crippen molar-refractivity contribution in [3.05, 3.63) is 54.1 Å². The van der Waals surface area contributed by atoms with Crippen molar-refractivity contribution in [3.8, 4) is 22.6 Å². The number of nitrogens with zero attached hydrogens (tertiary/aromatic N) is 4. The molecule has 8 nitrogen and oxygen atoms in total. The number of hydrogen-bond donors (Lipinski definition) is 2. The molecule has 3 aromatic heterocycles. The molecule has 1 amide bonds. The average molecular weight is 433 g/mol. The van der Waals surface area contributed by atoms with E-state index in [0.717, 1.165) is 38.9 Å². The molecule has 0 aliphatic rings. The minimum atomic E-state index is -0.536. The lowest BCUT2D eigenvalue weighted by Gasteiger charge is -2.27. The monoisotopic (exact) mass is 432 g/mol. The molecule has 4 aromatic rings. The van der Waals surface area contributed by atoms with Gasteiger partial charge in [0.25, 0.3) is 0 Å². The number of carbonyl (C=O) groups excluding carboxylic acids is 1. The van der Waals surface area contributed by atoms with E-state index in [1.54, 1.807) is 17.3 Å². The van der Waals surface area contributed by atoms with E-state index < -0.39 is 5.60 Å². The minimum absolute atomic E-state index is 0.326. The van der Waals surface area contributed by atoms with Crippen molar-refractivity contribution in [3.63, 3.8) is 0 Å². The number of aromatic nitrogens is 5. The van der Waals surface area contributed by atoms with Gasteiger partial charge in [-0.2, -0.15) is 5.10 Å². The molecule has 2 N–H and O–H groups in total. The number of H-pyrrole nitrogens is 2. The first-order valence-corrected chi connectivity index (χ1v) is 10.7.